The van der Waals surface area contributed by atoms with Crippen molar-refractivity contribution in [2.45, 2.75) is 0 Å². The Labute approximate surface area is 119 Å². The summed E-state index contributed by atoms with van der Waals surface area (Å²) in [6.07, 6.45) is 0. The number of nitrogen functional groups attached to an aromatic ring is 1. The second-order valence-electron chi connectivity index (χ2n) is 4.13. The molecule has 1 aromatic carbocycles. The van der Waals surface area contributed by atoms with Gasteiger partial charge in [-0.3, -0.25) is 14.2 Å². The monoisotopic (exact) mass is 293 g/mol. The topological polar surface area (TPSA) is 87.1 Å². The smallest absolute Gasteiger partial charge is 0.336 e. The SMILES string of the molecule is Cn1c(=O)c(C(=O)CCl)c(N)n(-c2ccccc2)c1=O. The van der Waals surface area contributed by atoms with Crippen molar-refractivity contribution in [3.05, 3.63) is 56.7 Å². The highest BCUT2D eigenvalue weighted by molar-refractivity contribution is 6.31. The molecule has 0 saturated carbocycles. The molecule has 2 N–H and O–H groups in total. The first-order chi connectivity index (χ1) is 9.49. The van der Waals surface area contributed by atoms with Crippen LogP contribution in [0.3, 0.4) is 0 Å². The van der Waals surface area contributed by atoms with Crippen LogP contribution in [-0.2, 0) is 7.05 Å². The van der Waals surface area contributed by atoms with E-state index in [9.17, 15) is 14.4 Å². The van der Waals surface area contributed by atoms with E-state index in [1.165, 1.54) is 7.05 Å². The molecule has 2 aromatic rings. The fourth-order valence-electron chi connectivity index (χ4n) is 1.88. The van der Waals surface area contributed by atoms with Gasteiger partial charge in [-0.25, -0.2) is 9.36 Å². The normalized spacial score (nSPS) is 10.5. The van der Waals surface area contributed by atoms with Gasteiger partial charge in [0.25, 0.3) is 5.56 Å². The lowest BCUT2D eigenvalue weighted by Gasteiger charge is -2.13. The Hall–Kier alpha value is -2.34. The summed E-state index contributed by atoms with van der Waals surface area (Å²) < 4.78 is 1.95. The van der Waals surface area contributed by atoms with Gasteiger partial charge in [0, 0.05) is 7.05 Å². The van der Waals surface area contributed by atoms with Crippen molar-refractivity contribution >= 4 is 23.2 Å². The van der Waals surface area contributed by atoms with Crippen LogP contribution in [0.2, 0.25) is 0 Å². The van der Waals surface area contributed by atoms with Gasteiger partial charge < -0.3 is 5.73 Å². The highest BCUT2D eigenvalue weighted by Gasteiger charge is 2.21. The lowest BCUT2D eigenvalue weighted by molar-refractivity contribution is 0.101. The van der Waals surface area contributed by atoms with E-state index >= 15 is 0 Å². The van der Waals surface area contributed by atoms with Crippen molar-refractivity contribution < 1.29 is 4.79 Å². The fourth-order valence-corrected chi connectivity index (χ4v) is 2.02. The molecule has 0 atom stereocenters. The van der Waals surface area contributed by atoms with Crippen LogP contribution in [0.4, 0.5) is 5.82 Å². The van der Waals surface area contributed by atoms with Crippen molar-refractivity contribution in [1.29, 1.82) is 0 Å². The van der Waals surface area contributed by atoms with E-state index in [1.54, 1.807) is 30.3 Å². The van der Waals surface area contributed by atoms with Crippen LogP contribution in [0.25, 0.3) is 5.69 Å². The molecule has 0 aliphatic rings. The Morgan fingerprint density at radius 3 is 2.40 bits per heavy atom. The number of Topliss-reactive ketones (excluding diaryl/α,β-unsaturated/α-hetero) is 1. The largest absolute Gasteiger partial charge is 0.384 e. The maximum Gasteiger partial charge on any atom is 0.336 e. The maximum atomic E-state index is 12.2. The van der Waals surface area contributed by atoms with Crippen LogP contribution >= 0.6 is 11.6 Å². The van der Waals surface area contributed by atoms with Crippen LogP contribution in [0.1, 0.15) is 10.4 Å². The Morgan fingerprint density at radius 2 is 1.85 bits per heavy atom. The Balaban J connectivity index is 2.90. The van der Waals surface area contributed by atoms with Crippen molar-refractivity contribution in [3.63, 3.8) is 0 Å². The summed E-state index contributed by atoms with van der Waals surface area (Å²) in [4.78, 5) is 35.9. The molecule has 1 aromatic heterocycles. The summed E-state index contributed by atoms with van der Waals surface area (Å²) in [5.74, 6) is -1.20. The predicted molar refractivity (Wildman–Crippen MR) is 76.7 cm³/mol. The molecule has 0 unspecified atom stereocenters. The molecular weight excluding hydrogens is 282 g/mol. The standard InChI is InChI=1S/C13H12ClN3O3/c1-16-12(19)10(9(18)7-14)11(15)17(13(16)20)8-5-3-2-4-6-8/h2-6H,7,15H2,1H3. The average Bonchev–Trinajstić information content (AvgIpc) is 2.46. The van der Waals surface area contributed by atoms with E-state index < -0.39 is 17.0 Å². The van der Waals surface area contributed by atoms with E-state index in [2.05, 4.69) is 0 Å². The minimum atomic E-state index is -0.745. The number of hydrogen-bond acceptors (Lipinski definition) is 4. The van der Waals surface area contributed by atoms with E-state index in [0.717, 1.165) is 9.13 Å². The number of hydrogen-bond donors (Lipinski definition) is 1. The van der Waals surface area contributed by atoms with E-state index in [4.69, 9.17) is 17.3 Å². The first kappa shape index (κ1) is 14.1. The van der Waals surface area contributed by atoms with Crippen molar-refractivity contribution in [2.24, 2.45) is 7.05 Å². The molecule has 0 aliphatic heterocycles. The number of halogens is 1. The first-order valence-corrected chi connectivity index (χ1v) is 6.28. The number of nitrogens with two attached hydrogens (primary N) is 1. The molecule has 0 saturated heterocycles. The minimum absolute atomic E-state index is 0.199. The first-order valence-electron chi connectivity index (χ1n) is 5.75. The Kier molecular flexibility index (Phi) is 3.76. The third-order valence-corrected chi connectivity index (χ3v) is 3.15. The molecule has 6 nitrogen and oxygen atoms in total. The van der Waals surface area contributed by atoms with Crippen LogP contribution in [-0.4, -0.2) is 20.8 Å². The molecule has 104 valence electrons. The number of aromatic nitrogens is 2. The quantitative estimate of drug-likeness (QED) is 0.661. The summed E-state index contributed by atoms with van der Waals surface area (Å²) in [6, 6.07) is 8.51. The molecule has 0 fully saturated rings. The molecule has 0 radical (unpaired) electrons. The Morgan fingerprint density at radius 1 is 1.25 bits per heavy atom. The lowest BCUT2D eigenvalue weighted by Crippen LogP contribution is -2.42. The number of benzene rings is 1. The molecule has 7 heteroatoms. The number of para-hydroxylation sites is 1. The molecule has 0 spiro atoms. The molecule has 1 heterocycles. The molecule has 2 rings (SSSR count). The Bertz CT molecular complexity index is 778. The van der Waals surface area contributed by atoms with Crippen LogP contribution < -0.4 is 17.0 Å². The van der Waals surface area contributed by atoms with Gasteiger partial charge >= 0.3 is 5.69 Å². The van der Waals surface area contributed by atoms with Gasteiger partial charge in [0.2, 0.25) is 0 Å². The summed E-state index contributed by atoms with van der Waals surface area (Å²) in [7, 11) is 1.29. The minimum Gasteiger partial charge on any atom is -0.384 e. The van der Waals surface area contributed by atoms with Gasteiger partial charge in [-0.15, -0.1) is 11.6 Å². The number of alkyl halides is 1. The summed E-state index contributed by atoms with van der Waals surface area (Å²) in [5.41, 5.74) is 4.66. The zero-order valence-corrected chi connectivity index (χ0v) is 11.4. The number of nitrogens with zero attached hydrogens (tertiary/aromatic N) is 2. The number of carbonyl (C=O) groups excluding carboxylic acids is 1. The highest BCUT2D eigenvalue weighted by Crippen LogP contribution is 2.13. The van der Waals surface area contributed by atoms with Gasteiger partial charge in [-0.2, -0.15) is 0 Å². The maximum absolute atomic E-state index is 12.2. The molecular formula is C13H12ClN3O3. The highest BCUT2D eigenvalue weighted by atomic mass is 35.5. The molecule has 0 aliphatic carbocycles. The van der Waals surface area contributed by atoms with E-state index in [0.29, 0.717) is 5.69 Å². The molecule has 0 amide bonds. The van der Waals surface area contributed by atoms with E-state index in [-0.39, 0.29) is 17.3 Å². The average molecular weight is 294 g/mol. The zero-order valence-electron chi connectivity index (χ0n) is 10.7. The zero-order chi connectivity index (χ0) is 14.9. The van der Waals surface area contributed by atoms with Crippen molar-refractivity contribution in [1.82, 2.24) is 9.13 Å². The van der Waals surface area contributed by atoms with Gasteiger partial charge in [0.05, 0.1) is 11.6 Å². The van der Waals surface area contributed by atoms with Gasteiger partial charge in [-0.05, 0) is 12.1 Å². The van der Waals surface area contributed by atoms with Crippen LogP contribution in [0.15, 0.2) is 39.9 Å². The summed E-state index contributed by atoms with van der Waals surface area (Å²) in [6.45, 7) is 0. The number of ketones is 1. The van der Waals surface area contributed by atoms with Crippen molar-refractivity contribution in [2.75, 3.05) is 11.6 Å². The molecule has 20 heavy (non-hydrogen) atoms. The fraction of sp³-hybridized carbons (Fsp3) is 0.154. The third-order valence-electron chi connectivity index (χ3n) is 2.91. The van der Waals surface area contributed by atoms with Gasteiger partial charge in [0.1, 0.15) is 11.4 Å². The van der Waals surface area contributed by atoms with Crippen LogP contribution in [0, 0.1) is 0 Å². The second kappa shape index (κ2) is 5.34. The second-order valence-corrected chi connectivity index (χ2v) is 4.40. The van der Waals surface area contributed by atoms with Crippen LogP contribution in [0.5, 0.6) is 0 Å². The van der Waals surface area contributed by atoms with Gasteiger partial charge in [-0.1, -0.05) is 18.2 Å². The summed E-state index contributed by atoms with van der Waals surface area (Å²) in [5, 5.41) is 0. The third kappa shape index (κ3) is 2.14. The van der Waals surface area contributed by atoms with Crippen molar-refractivity contribution in [3.8, 4) is 5.69 Å². The number of rotatable bonds is 3. The van der Waals surface area contributed by atoms with Gasteiger partial charge in [0.15, 0.2) is 5.78 Å². The lowest BCUT2D eigenvalue weighted by atomic mass is 10.2. The number of anilines is 1. The molecule has 0 bridgehead atoms. The summed E-state index contributed by atoms with van der Waals surface area (Å²) >= 11 is 5.48. The van der Waals surface area contributed by atoms with E-state index in [1.807, 2.05) is 0 Å². The predicted octanol–water partition coefficient (Wildman–Crippen LogP) is 0.540. The number of carbonyl (C=O) groups is 1.